The van der Waals surface area contributed by atoms with Crippen LogP contribution in [0.3, 0.4) is 0 Å². The Labute approximate surface area is 356 Å². The van der Waals surface area contributed by atoms with E-state index in [0.29, 0.717) is 45.3 Å². The van der Waals surface area contributed by atoms with Gasteiger partial charge >= 0.3 is 0 Å². The SMILES string of the molecule is CCOCC1=c2ccc(C(C)O)cc2=CC2C1CCC13CCC4C(C)(C(O)CO)C(O)CCC24C1C(=O)C=C1C2CC(C)(C)CC45CCCC4C=CC(O)(CC13C)C25CO. The van der Waals surface area contributed by atoms with Crippen LogP contribution < -0.4 is 10.4 Å². The number of hydrogen-bond acceptors (Lipinski definition) is 8. The predicted octanol–water partition coefficient (Wildman–Crippen LogP) is 5.68. The van der Waals surface area contributed by atoms with E-state index in [2.05, 4.69) is 51.1 Å². The summed E-state index contributed by atoms with van der Waals surface area (Å²) in [4.78, 5) is 16.2. The van der Waals surface area contributed by atoms with E-state index in [0.717, 1.165) is 66.5 Å². The quantitative estimate of drug-likeness (QED) is 0.193. The van der Waals surface area contributed by atoms with Crippen LogP contribution in [-0.4, -0.2) is 80.7 Å². The maximum Gasteiger partial charge on any atom is 0.159 e. The number of hydrogen-bond donors (Lipinski definition) is 6. The van der Waals surface area contributed by atoms with Crippen molar-refractivity contribution in [3.8, 4) is 0 Å². The zero-order chi connectivity index (χ0) is 42.6. The highest BCUT2D eigenvalue weighted by Gasteiger charge is 2.82. The predicted molar refractivity (Wildman–Crippen MR) is 230 cm³/mol. The van der Waals surface area contributed by atoms with E-state index in [-0.39, 0.29) is 52.8 Å². The van der Waals surface area contributed by atoms with E-state index < -0.39 is 63.5 Å². The Balaban J connectivity index is 1.25. The van der Waals surface area contributed by atoms with Crippen LogP contribution in [-0.2, 0) is 9.53 Å². The van der Waals surface area contributed by atoms with Crippen LogP contribution in [0.25, 0.3) is 11.6 Å². The molecular weight excluding hydrogens is 753 g/mol. The molecule has 8 nitrogen and oxygen atoms in total. The minimum Gasteiger partial charge on any atom is -0.396 e. The van der Waals surface area contributed by atoms with Gasteiger partial charge in [0.15, 0.2) is 5.78 Å². The summed E-state index contributed by atoms with van der Waals surface area (Å²) in [5.41, 5.74) is -2.09. The van der Waals surface area contributed by atoms with Crippen LogP contribution in [0.15, 0.2) is 42.0 Å². The first kappa shape index (κ1) is 41.8. The topological polar surface area (TPSA) is 148 Å². The van der Waals surface area contributed by atoms with Crippen molar-refractivity contribution in [1.29, 1.82) is 0 Å². The van der Waals surface area contributed by atoms with E-state index in [1.165, 1.54) is 5.57 Å². The molecule has 0 heterocycles. The fourth-order valence-electron chi connectivity index (χ4n) is 18.7. The molecular formula is C52H72O8. The summed E-state index contributed by atoms with van der Waals surface area (Å²) in [6, 6.07) is 6.27. The lowest BCUT2D eigenvalue weighted by atomic mass is 9.27. The van der Waals surface area contributed by atoms with Crippen molar-refractivity contribution in [3.05, 3.63) is 58.0 Å². The highest BCUT2D eigenvalue weighted by molar-refractivity contribution is 5.96. The lowest BCUT2D eigenvalue weighted by Gasteiger charge is -2.77. The van der Waals surface area contributed by atoms with Crippen molar-refractivity contribution in [3.63, 3.8) is 0 Å². The number of fused-ring (bicyclic) bond motifs is 4. The van der Waals surface area contributed by atoms with Gasteiger partial charge in [-0.25, -0.2) is 0 Å². The first-order chi connectivity index (χ1) is 28.4. The fraction of sp³-hybridized carbons (Fsp3) is 0.750. The second-order valence-corrected chi connectivity index (χ2v) is 23.1. The third-order valence-corrected chi connectivity index (χ3v) is 20.8. The van der Waals surface area contributed by atoms with Crippen LogP contribution in [0.5, 0.6) is 0 Å². The smallest absolute Gasteiger partial charge is 0.159 e. The molecule has 0 radical (unpaired) electrons. The number of ketones is 1. The van der Waals surface area contributed by atoms with Gasteiger partial charge in [-0.3, -0.25) is 4.79 Å². The summed E-state index contributed by atoms with van der Waals surface area (Å²) in [6.45, 7) is 13.3. The minimum atomic E-state index is -1.27. The molecule has 0 saturated heterocycles. The normalized spacial score (nSPS) is 49.0. The van der Waals surface area contributed by atoms with Crippen LogP contribution in [0.2, 0.25) is 0 Å². The van der Waals surface area contributed by atoms with Gasteiger partial charge in [0.25, 0.3) is 0 Å². The van der Waals surface area contributed by atoms with Crippen molar-refractivity contribution in [2.45, 2.75) is 143 Å². The summed E-state index contributed by atoms with van der Waals surface area (Å²) >= 11 is 0. The van der Waals surface area contributed by atoms with Gasteiger partial charge in [-0.2, -0.15) is 0 Å². The van der Waals surface area contributed by atoms with Crippen molar-refractivity contribution in [2.75, 3.05) is 26.4 Å². The second kappa shape index (κ2) is 13.4. The first-order valence-electron chi connectivity index (χ1n) is 23.8. The first-order valence-corrected chi connectivity index (χ1v) is 23.8. The van der Waals surface area contributed by atoms with Gasteiger partial charge in [0.05, 0.1) is 43.7 Å². The molecule has 16 unspecified atom stereocenters. The summed E-state index contributed by atoms with van der Waals surface area (Å²) in [6.07, 6.45) is 15.5. The lowest BCUT2D eigenvalue weighted by Crippen LogP contribution is -2.77. The number of rotatable bonds is 7. The molecule has 328 valence electrons. The molecule has 2 spiro atoms. The van der Waals surface area contributed by atoms with Crippen molar-refractivity contribution in [2.24, 2.45) is 73.4 Å². The van der Waals surface area contributed by atoms with E-state index in [9.17, 15) is 30.6 Å². The average Bonchev–Trinajstić information content (AvgIpc) is 3.58. The molecule has 60 heavy (non-hydrogen) atoms. The maximum atomic E-state index is 16.2. The van der Waals surface area contributed by atoms with E-state index in [1.807, 2.05) is 26.0 Å². The standard InChI is InChI=1S/C52H72O8/c1-7-60-26-36-34-11-10-31(30(2)55)21-32(34)22-37-35(36)13-17-48-18-14-41-47(6,43(58)25-53)42(57)15-20-51(37,41)44(48)40(56)23-38-39-24-45(3,4)27-49-16-8-9-33(49)12-19-50(59,28-46(38,48)5)52(39,49)29-54/h10-12,19,21-23,30,33,35,37,39,41-44,53-55,57-59H,7-9,13-18,20,24-29H2,1-6H3. The monoisotopic (exact) mass is 825 g/mol. The van der Waals surface area contributed by atoms with Gasteiger partial charge in [0.1, 0.15) is 0 Å². The number of ether oxygens (including phenoxy) is 1. The molecule has 2 bridgehead atoms. The molecule has 9 aliphatic carbocycles. The van der Waals surface area contributed by atoms with Gasteiger partial charge in [0, 0.05) is 23.4 Å². The van der Waals surface area contributed by atoms with Crippen molar-refractivity contribution < 1.29 is 40.2 Å². The third-order valence-electron chi connectivity index (χ3n) is 20.8. The van der Waals surface area contributed by atoms with E-state index >= 15 is 4.79 Å². The Morgan fingerprint density at radius 3 is 2.43 bits per heavy atom. The Hall–Kier alpha value is -2.17. The molecule has 8 heteroatoms. The van der Waals surface area contributed by atoms with Gasteiger partial charge in [-0.05, 0) is 175 Å². The maximum absolute atomic E-state index is 16.2. The molecule has 6 N–H and O–H groups in total. The fourth-order valence-corrected chi connectivity index (χ4v) is 18.7. The molecule has 1 aromatic rings. The van der Waals surface area contributed by atoms with Crippen LogP contribution >= 0.6 is 0 Å². The average molecular weight is 825 g/mol. The van der Waals surface area contributed by atoms with Crippen LogP contribution in [0.1, 0.15) is 130 Å². The molecule has 10 rings (SSSR count). The van der Waals surface area contributed by atoms with Gasteiger partial charge in [0.2, 0.25) is 0 Å². The summed E-state index contributed by atoms with van der Waals surface area (Å²) in [5.74, 6) is -0.611. The van der Waals surface area contributed by atoms with E-state index in [1.54, 1.807) is 6.92 Å². The number of benzene rings is 1. The number of carbonyl (C=O) groups is 1. The number of aliphatic hydroxyl groups is 6. The highest BCUT2D eigenvalue weighted by atomic mass is 16.5. The van der Waals surface area contributed by atoms with E-state index in [4.69, 9.17) is 4.74 Å². The van der Waals surface area contributed by atoms with Gasteiger partial charge < -0.3 is 35.4 Å². The van der Waals surface area contributed by atoms with Crippen LogP contribution in [0, 0.1) is 73.4 Å². The van der Waals surface area contributed by atoms with Gasteiger partial charge in [-0.15, -0.1) is 0 Å². The molecule has 9 aliphatic rings. The zero-order valence-electron chi connectivity index (χ0n) is 37.1. The molecule has 0 aliphatic heterocycles. The molecule has 1 aromatic carbocycles. The number of allylic oxidation sites excluding steroid dienone is 3. The summed E-state index contributed by atoms with van der Waals surface area (Å²) in [5, 5.41) is 73.5. The Bertz CT molecular complexity index is 2150. The largest absolute Gasteiger partial charge is 0.396 e. The van der Waals surface area contributed by atoms with Crippen LogP contribution in [0.4, 0.5) is 0 Å². The summed E-state index contributed by atoms with van der Waals surface area (Å²) < 4.78 is 6.34. The number of carbonyl (C=O) groups excluding carboxylic acids is 1. The second-order valence-electron chi connectivity index (χ2n) is 23.1. The number of aliphatic hydroxyl groups excluding tert-OH is 5. The minimum absolute atomic E-state index is 0.0176. The van der Waals surface area contributed by atoms with Crippen molar-refractivity contribution >= 4 is 17.4 Å². The molecule has 6 saturated carbocycles. The highest BCUT2D eigenvalue weighted by Crippen LogP contribution is 2.84. The Morgan fingerprint density at radius 2 is 1.72 bits per heavy atom. The summed E-state index contributed by atoms with van der Waals surface area (Å²) in [7, 11) is 0. The molecule has 0 amide bonds. The third kappa shape index (κ3) is 4.81. The molecule has 16 atom stereocenters. The Morgan fingerprint density at radius 1 is 0.950 bits per heavy atom. The van der Waals surface area contributed by atoms with Crippen molar-refractivity contribution in [1.82, 2.24) is 0 Å². The molecule has 0 aromatic heterocycles. The molecule has 6 fully saturated rings. The van der Waals surface area contributed by atoms with Gasteiger partial charge in [-0.1, -0.05) is 70.0 Å². The zero-order valence-corrected chi connectivity index (χ0v) is 37.1. The lowest BCUT2D eigenvalue weighted by molar-refractivity contribution is -0.284. The Kier molecular flexibility index (Phi) is 9.36.